The molecule has 16 heavy (non-hydrogen) atoms. The van der Waals surface area contributed by atoms with E-state index in [1.165, 1.54) is 6.07 Å². The number of hydrogen-bond donors (Lipinski definition) is 0. The summed E-state index contributed by atoms with van der Waals surface area (Å²) in [5.41, 5.74) is 0.203. The van der Waals surface area contributed by atoms with Crippen molar-refractivity contribution < 1.29 is 8.78 Å². The Balaban J connectivity index is 2.64. The Morgan fingerprint density at radius 1 is 0.938 bits per heavy atom. The predicted molar refractivity (Wildman–Crippen MR) is 65.8 cm³/mol. The van der Waals surface area contributed by atoms with E-state index in [-0.39, 0.29) is 11.0 Å². The molecule has 1 heterocycles. The van der Waals surface area contributed by atoms with Crippen molar-refractivity contribution in [2.24, 2.45) is 0 Å². The molecule has 6 radical (unpaired) electrons. The Morgan fingerprint density at radius 2 is 1.50 bits per heavy atom. The molecule has 0 N–H and O–H groups in total. The van der Waals surface area contributed by atoms with Crippen molar-refractivity contribution in [1.29, 1.82) is 0 Å². The molecule has 0 saturated heterocycles. The summed E-state index contributed by atoms with van der Waals surface area (Å²) < 4.78 is 27.4. The highest BCUT2D eigenvalue weighted by molar-refractivity contribution is 7.24. The second kappa shape index (κ2) is 4.09. The lowest BCUT2D eigenvalue weighted by molar-refractivity contribution is 0.592. The van der Waals surface area contributed by atoms with Crippen LogP contribution in [0.4, 0.5) is 8.78 Å². The Labute approximate surface area is 99.9 Å². The van der Waals surface area contributed by atoms with E-state index in [0.717, 1.165) is 23.5 Å². The molecule has 0 fully saturated rings. The zero-order chi connectivity index (χ0) is 11.9. The molecular formula is C10H3B3F2S. The van der Waals surface area contributed by atoms with Gasteiger partial charge in [-0.15, -0.1) is 0 Å². The fourth-order valence-electron chi connectivity index (χ4n) is 1.37. The fraction of sp³-hybridized carbons (Fsp3) is 0. The first kappa shape index (κ1) is 11.5. The first-order chi connectivity index (χ1) is 7.49. The Bertz CT molecular complexity index is 508. The summed E-state index contributed by atoms with van der Waals surface area (Å²) in [7, 11) is 16.4. The van der Waals surface area contributed by atoms with Crippen LogP contribution in [0.2, 0.25) is 0 Å². The van der Waals surface area contributed by atoms with E-state index >= 15 is 0 Å². The molecule has 0 aliphatic carbocycles. The van der Waals surface area contributed by atoms with Gasteiger partial charge in [0.05, 0.1) is 5.56 Å². The van der Waals surface area contributed by atoms with Gasteiger partial charge in [0.1, 0.15) is 35.2 Å². The average molecular weight is 226 g/mol. The Hall–Kier alpha value is -1.03. The molecule has 6 heteroatoms. The monoisotopic (exact) mass is 226 g/mol. The van der Waals surface area contributed by atoms with Crippen LogP contribution in [-0.2, 0) is 0 Å². The molecule has 0 aliphatic heterocycles. The summed E-state index contributed by atoms with van der Waals surface area (Å²) in [6, 6.07) is 3.56. The van der Waals surface area contributed by atoms with E-state index in [2.05, 4.69) is 0 Å². The number of halogens is 2. The average Bonchev–Trinajstić information content (AvgIpc) is 2.44. The van der Waals surface area contributed by atoms with Crippen LogP contribution in [0, 0.1) is 11.6 Å². The minimum Gasteiger partial charge on any atom is -0.206 e. The minimum atomic E-state index is -0.723. The van der Waals surface area contributed by atoms with E-state index in [9.17, 15) is 8.78 Å². The van der Waals surface area contributed by atoms with Gasteiger partial charge in [0.15, 0.2) is 0 Å². The third-order valence-electron chi connectivity index (χ3n) is 2.10. The lowest BCUT2D eigenvalue weighted by Gasteiger charge is -2.03. The fourth-order valence-corrected chi connectivity index (χ4v) is 2.27. The highest BCUT2D eigenvalue weighted by atomic mass is 32.1. The maximum Gasteiger partial charge on any atom is 0.134 e. The molecule has 2 rings (SSSR count). The quantitative estimate of drug-likeness (QED) is 0.603. The zero-order valence-corrected chi connectivity index (χ0v) is 8.94. The number of rotatable bonds is 1. The standard InChI is InChI=1S/C10H3B3F2S/c11-4-1-6(14)9(7(15)2-4)8-3-5(12)10(13)16-8/h1-3H. The summed E-state index contributed by atoms with van der Waals surface area (Å²) in [6.45, 7) is 0. The van der Waals surface area contributed by atoms with Crippen LogP contribution in [0.25, 0.3) is 10.4 Å². The summed E-state index contributed by atoms with van der Waals surface area (Å²) in [5.74, 6) is -1.45. The number of thiophene rings is 1. The maximum atomic E-state index is 13.5. The van der Waals surface area contributed by atoms with Crippen LogP contribution in [0.1, 0.15) is 0 Å². The molecule has 0 spiro atoms. The van der Waals surface area contributed by atoms with Gasteiger partial charge in [0.2, 0.25) is 0 Å². The highest BCUT2D eigenvalue weighted by Crippen LogP contribution is 2.27. The van der Waals surface area contributed by atoms with Crippen molar-refractivity contribution in [3.8, 4) is 10.4 Å². The summed E-state index contributed by atoms with van der Waals surface area (Å²) >= 11 is 1.03. The van der Waals surface area contributed by atoms with Gasteiger partial charge in [0.25, 0.3) is 0 Å². The predicted octanol–water partition coefficient (Wildman–Crippen LogP) is 0.0747. The van der Waals surface area contributed by atoms with Crippen molar-refractivity contribution in [3.05, 3.63) is 29.8 Å². The highest BCUT2D eigenvalue weighted by Gasteiger charge is 2.14. The summed E-state index contributed by atoms with van der Waals surface area (Å²) in [5, 5.41) is 0. The molecule has 0 atom stereocenters. The molecule has 1 aromatic heterocycles. The molecule has 0 amide bonds. The summed E-state index contributed by atoms with van der Waals surface area (Å²) in [6.07, 6.45) is 0. The molecular weight excluding hydrogens is 223 g/mol. The van der Waals surface area contributed by atoms with Gasteiger partial charge >= 0.3 is 0 Å². The smallest absolute Gasteiger partial charge is 0.134 e. The molecule has 0 aliphatic rings. The van der Waals surface area contributed by atoms with Gasteiger partial charge in [-0.3, -0.25) is 0 Å². The maximum absolute atomic E-state index is 13.5. The van der Waals surface area contributed by atoms with Gasteiger partial charge in [-0.2, -0.15) is 11.3 Å². The first-order valence-corrected chi connectivity index (χ1v) is 5.20. The zero-order valence-electron chi connectivity index (χ0n) is 8.13. The van der Waals surface area contributed by atoms with Gasteiger partial charge in [-0.05, 0) is 12.1 Å². The van der Waals surface area contributed by atoms with E-state index < -0.39 is 11.6 Å². The number of benzene rings is 1. The van der Waals surface area contributed by atoms with Crippen LogP contribution in [0.15, 0.2) is 18.2 Å². The Morgan fingerprint density at radius 3 is 1.94 bits per heavy atom. The second-order valence-corrected chi connectivity index (χ2v) is 4.37. The van der Waals surface area contributed by atoms with Gasteiger partial charge in [-0.1, -0.05) is 21.8 Å². The molecule has 0 bridgehead atoms. The van der Waals surface area contributed by atoms with E-state index in [4.69, 9.17) is 23.5 Å². The van der Waals surface area contributed by atoms with Gasteiger partial charge in [-0.25, -0.2) is 8.78 Å². The van der Waals surface area contributed by atoms with Crippen molar-refractivity contribution in [2.75, 3.05) is 0 Å². The van der Waals surface area contributed by atoms with Crippen LogP contribution in [-0.4, -0.2) is 23.5 Å². The van der Waals surface area contributed by atoms with Gasteiger partial charge in [0, 0.05) is 4.88 Å². The van der Waals surface area contributed by atoms with Gasteiger partial charge < -0.3 is 0 Å². The van der Waals surface area contributed by atoms with Crippen molar-refractivity contribution in [1.82, 2.24) is 0 Å². The topological polar surface area (TPSA) is 0 Å². The van der Waals surface area contributed by atoms with Crippen molar-refractivity contribution in [2.45, 2.75) is 0 Å². The molecule has 1 aromatic carbocycles. The lowest BCUT2D eigenvalue weighted by atomic mass is 9.88. The van der Waals surface area contributed by atoms with Crippen molar-refractivity contribution in [3.63, 3.8) is 0 Å². The van der Waals surface area contributed by atoms with E-state index in [1.807, 2.05) is 0 Å². The van der Waals surface area contributed by atoms with Crippen LogP contribution < -0.4 is 15.7 Å². The molecule has 0 saturated carbocycles. The molecule has 2 aromatic rings. The van der Waals surface area contributed by atoms with E-state index in [0.29, 0.717) is 15.1 Å². The minimum absolute atomic E-state index is 0.0382. The molecule has 0 unspecified atom stereocenters. The molecule has 72 valence electrons. The van der Waals surface area contributed by atoms with Crippen LogP contribution in [0.3, 0.4) is 0 Å². The van der Waals surface area contributed by atoms with Crippen molar-refractivity contribution >= 4 is 50.6 Å². The largest absolute Gasteiger partial charge is 0.206 e. The third-order valence-corrected chi connectivity index (χ3v) is 3.10. The molecule has 0 nitrogen and oxygen atoms in total. The number of hydrogen-bond acceptors (Lipinski definition) is 1. The SMILES string of the molecule is [B]c1cc(F)c(-c2cc([B])c([B])s2)c(F)c1. The van der Waals surface area contributed by atoms with Crippen LogP contribution in [0.5, 0.6) is 0 Å². The summed E-state index contributed by atoms with van der Waals surface area (Å²) in [4.78, 5) is 0.352. The van der Waals surface area contributed by atoms with E-state index in [1.54, 1.807) is 0 Å². The lowest BCUT2D eigenvalue weighted by Crippen LogP contribution is -2.18. The van der Waals surface area contributed by atoms with Crippen LogP contribution >= 0.6 is 11.3 Å². The second-order valence-electron chi connectivity index (χ2n) is 3.29. The third kappa shape index (κ3) is 1.94. The first-order valence-electron chi connectivity index (χ1n) is 4.38. The normalized spacial score (nSPS) is 10.6. The Kier molecular flexibility index (Phi) is 2.93.